The second kappa shape index (κ2) is 8.12. The van der Waals surface area contributed by atoms with Gasteiger partial charge in [0, 0.05) is 34.2 Å². The van der Waals surface area contributed by atoms with Crippen molar-refractivity contribution in [1.29, 1.82) is 0 Å². The van der Waals surface area contributed by atoms with Gasteiger partial charge < -0.3 is 10.4 Å². The highest BCUT2D eigenvalue weighted by Crippen LogP contribution is 2.32. The van der Waals surface area contributed by atoms with E-state index in [0.717, 1.165) is 21.0 Å². The fourth-order valence-corrected chi connectivity index (χ4v) is 3.45. The maximum absolute atomic E-state index is 10.8. The van der Waals surface area contributed by atoms with Crippen LogP contribution in [0.5, 0.6) is 5.75 Å². The summed E-state index contributed by atoms with van der Waals surface area (Å²) in [6.07, 6.45) is 0. The topological polar surface area (TPSA) is 75.4 Å². The summed E-state index contributed by atoms with van der Waals surface area (Å²) in [5.41, 5.74) is 1.97. The van der Waals surface area contributed by atoms with Crippen LogP contribution in [0.15, 0.2) is 76.5 Å². The molecule has 0 heterocycles. The number of halogens is 1. The van der Waals surface area contributed by atoms with Crippen molar-refractivity contribution in [1.82, 2.24) is 0 Å². The summed E-state index contributed by atoms with van der Waals surface area (Å²) in [4.78, 5) is 12.3. The predicted octanol–water partition coefficient (Wildman–Crippen LogP) is 5.72. The maximum Gasteiger partial charge on any atom is 0.269 e. The highest BCUT2D eigenvalue weighted by Gasteiger charge is 2.08. The molecule has 5 nitrogen and oxygen atoms in total. The van der Waals surface area contributed by atoms with Gasteiger partial charge in [-0.15, -0.1) is 0 Å². The van der Waals surface area contributed by atoms with E-state index in [2.05, 4.69) is 5.32 Å². The molecular weight excluding hydrogens is 372 g/mol. The normalized spacial score (nSPS) is 10.5. The first-order valence-electron chi connectivity index (χ1n) is 7.75. The van der Waals surface area contributed by atoms with E-state index in [0.29, 0.717) is 11.6 Å². The fraction of sp³-hybridized carbons (Fsp3) is 0.0526. The standard InChI is InChI=1S/C19H15ClN2O3S/c20-17-11-14(5-10-18(17)23)21-12-13-3-1-2-4-19(13)26-16-8-6-15(7-9-16)22(24)25/h1-11,21,23H,12H2. The Morgan fingerprint density at radius 3 is 2.50 bits per heavy atom. The number of hydrogen-bond donors (Lipinski definition) is 2. The molecule has 0 aromatic heterocycles. The molecule has 0 aliphatic rings. The zero-order valence-electron chi connectivity index (χ0n) is 13.6. The number of benzene rings is 3. The van der Waals surface area contributed by atoms with Crippen molar-refractivity contribution < 1.29 is 10.0 Å². The number of phenolic OH excluding ortho intramolecular Hbond substituents is 1. The van der Waals surface area contributed by atoms with Gasteiger partial charge >= 0.3 is 0 Å². The molecule has 2 N–H and O–H groups in total. The van der Waals surface area contributed by atoms with E-state index in [1.165, 1.54) is 12.1 Å². The number of nitrogens with zero attached hydrogens (tertiary/aromatic N) is 1. The monoisotopic (exact) mass is 386 g/mol. The Kier molecular flexibility index (Phi) is 5.65. The molecule has 3 rings (SSSR count). The summed E-state index contributed by atoms with van der Waals surface area (Å²) in [6.45, 7) is 0.581. The van der Waals surface area contributed by atoms with Crippen LogP contribution in [0.4, 0.5) is 11.4 Å². The first kappa shape index (κ1) is 18.1. The largest absolute Gasteiger partial charge is 0.506 e. The summed E-state index contributed by atoms with van der Waals surface area (Å²) >= 11 is 7.47. The summed E-state index contributed by atoms with van der Waals surface area (Å²) in [5, 5.41) is 23.8. The predicted molar refractivity (Wildman–Crippen MR) is 104 cm³/mol. The van der Waals surface area contributed by atoms with Crippen molar-refractivity contribution in [3.8, 4) is 5.75 Å². The van der Waals surface area contributed by atoms with Crippen LogP contribution in [0.2, 0.25) is 5.02 Å². The van der Waals surface area contributed by atoms with Gasteiger partial charge in [-0.2, -0.15) is 0 Å². The first-order chi connectivity index (χ1) is 12.5. The van der Waals surface area contributed by atoms with Gasteiger partial charge in [0.15, 0.2) is 0 Å². The number of anilines is 1. The summed E-state index contributed by atoms with van der Waals surface area (Å²) in [7, 11) is 0. The molecule has 0 amide bonds. The number of phenols is 1. The van der Waals surface area contributed by atoms with Crippen molar-refractivity contribution in [3.05, 3.63) is 87.4 Å². The molecule has 132 valence electrons. The van der Waals surface area contributed by atoms with Crippen molar-refractivity contribution in [2.24, 2.45) is 0 Å². The Morgan fingerprint density at radius 2 is 1.81 bits per heavy atom. The van der Waals surface area contributed by atoms with Gasteiger partial charge in [0.25, 0.3) is 5.69 Å². The quantitative estimate of drug-likeness (QED) is 0.322. The minimum Gasteiger partial charge on any atom is -0.506 e. The van der Waals surface area contributed by atoms with Crippen LogP contribution in [-0.4, -0.2) is 10.0 Å². The highest BCUT2D eigenvalue weighted by molar-refractivity contribution is 7.99. The summed E-state index contributed by atoms with van der Waals surface area (Å²) in [5.74, 6) is 0.0475. The molecule has 0 fully saturated rings. The summed E-state index contributed by atoms with van der Waals surface area (Å²) in [6, 6.07) is 19.4. The van der Waals surface area contributed by atoms with E-state index in [-0.39, 0.29) is 11.4 Å². The molecule has 7 heteroatoms. The molecule has 0 radical (unpaired) electrons. The second-order valence-electron chi connectivity index (χ2n) is 5.48. The van der Waals surface area contributed by atoms with Gasteiger partial charge in [0.2, 0.25) is 0 Å². The SMILES string of the molecule is O=[N+]([O-])c1ccc(Sc2ccccc2CNc2ccc(O)c(Cl)c2)cc1. The van der Waals surface area contributed by atoms with Crippen LogP contribution >= 0.6 is 23.4 Å². The Balaban J connectivity index is 1.73. The maximum atomic E-state index is 10.8. The van der Waals surface area contributed by atoms with Crippen LogP contribution in [0, 0.1) is 10.1 Å². The zero-order chi connectivity index (χ0) is 18.5. The first-order valence-corrected chi connectivity index (χ1v) is 8.95. The molecule has 0 spiro atoms. The number of nitro benzene ring substituents is 1. The molecule has 0 saturated heterocycles. The average Bonchev–Trinajstić information content (AvgIpc) is 2.64. The molecule has 0 aliphatic heterocycles. The van der Waals surface area contributed by atoms with E-state index in [1.54, 1.807) is 42.1 Å². The third-order valence-electron chi connectivity index (χ3n) is 3.68. The third-order valence-corrected chi connectivity index (χ3v) is 5.11. The van der Waals surface area contributed by atoms with Crippen LogP contribution in [-0.2, 0) is 6.54 Å². The minimum atomic E-state index is -0.408. The molecule has 0 aliphatic carbocycles. The lowest BCUT2D eigenvalue weighted by Crippen LogP contribution is -2.00. The molecule has 0 saturated carbocycles. The molecule has 0 atom stereocenters. The van der Waals surface area contributed by atoms with Crippen LogP contribution in [0.3, 0.4) is 0 Å². The van der Waals surface area contributed by atoms with Gasteiger partial charge in [-0.1, -0.05) is 41.6 Å². The fourth-order valence-electron chi connectivity index (χ4n) is 2.33. The van der Waals surface area contributed by atoms with E-state index < -0.39 is 4.92 Å². The zero-order valence-corrected chi connectivity index (χ0v) is 15.1. The van der Waals surface area contributed by atoms with Crippen molar-refractivity contribution in [2.45, 2.75) is 16.3 Å². The number of non-ortho nitro benzene ring substituents is 1. The Hall–Kier alpha value is -2.70. The number of rotatable bonds is 6. The van der Waals surface area contributed by atoms with Gasteiger partial charge in [0.05, 0.1) is 9.95 Å². The van der Waals surface area contributed by atoms with Crippen molar-refractivity contribution >= 4 is 34.7 Å². The van der Waals surface area contributed by atoms with E-state index in [9.17, 15) is 15.2 Å². The Morgan fingerprint density at radius 1 is 1.08 bits per heavy atom. The molecule has 0 bridgehead atoms. The van der Waals surface area contributed by atoms with Gasteiger partial charge in [0.1, 0.15) is 5.75 Å². The third kappa shape index (κ3) is 4.47. The molecule has 0 unspecified atom stereocenters. The van der Waals surface area contributed by atoms with E-state index in [1.807, 2.05) is 24.3 Å². The molecule has 26 heavy (non-hydrogen) atoms. The summed E-state index contributed by atoms with van der Waals surface area (Å²) < 4.78 is 0. The molecular formula is C19H15ClN2O3S. The lowest BCUT2D eigenvalue weighted by molar-refractivity contribution is -0.384. The lowest BCUT2D eigenvalue weighted by Gasteiger charge is -2.12. The van der Waals surface area contributed by atoms with Crippen molar-refractivity contribution in [3.63, 3.8) is 0 Å². The smallest absolute Gasteiger partial charge is 0.269 e. The van der Waals surface area contributed by atoms with Gasteiger partial charge in [-0.25, -0.2) is 0 Å². The number of hydrogen-bond acceptors (Lipinski definition) is 5. The van der Waals surface area contributed by atoms with Crippen LogP contribution < -0.4 is 5.32 Å². The van der Waals surface area contributed by atoms with Crippen LogP contribution in [0.25, 0.3) is 0 Å². The number of aromatic hydroxyl groups is 1. The van der Waals surface area contributed by atoms with Gasteiger partial charge in [-0.05, 0) is 42.0 Å². The Bertz CT molecular complexity index is 932. The number of nitro groups is 1. The van der Waals surface area contributed by atoms with Crippen molar-refractivity contribution in [2.75, 3.05) is 5.32 Å². The average molecular weight is 387 g/mol. The second-order valence-corrected chi connectivity index (χ2v) is 7.00. The van der Waals surface area contributed by atoms with Gasteiger partial charge in [-0.3, -0.25) is 10.1 Å². The Labute approximate surface area is 159 Å². The minimum absolute atomic E-state index is 0.0475. The molecule has 3 aromatic carbocycles. The lowest BCUT2D eigenvalue weighted by atomic mass is 10.2. The van der Waals surface area contributed by atoms with Crippen LogP contribution in [0.1, 0.15) is 5.56 Å². The highest BCUT2D eigenvalue weighted by atomic mass is 35.5. The van der Waals surface area contributed by atoms with E-state index >= 15 is 0 Å². The van der Waals surface area contributed by atoms with E-state index in [4.69, 9.17) is 11.6 Å². The molecule has 3 aromatic rings. The number of nitrogens with one attached hydrogen (secondary N) is 1.